The minimum atomic E-state index is -1.81. The first kappa shape index (κ1) is 25.3. The van der Waals surface area contributed by atoms with Gasteiger partial charge in [0.25, 0.3) is 0 Å². The zero-order chi connectivity index (χ0) is 27.8. The lowest BCUT2D eigenvalue weighted by Gasteiger charge is -2.39. The number of nitrogens with one attached hydrogen (secondary N) is 2. The number of carbonyl (C=O) groups excluding carboxylic acids is 6. The van der Waals surface area contributed by atoms with Crippen LogP contribution in [0.2, 0.25) is 0 Å². The Labute approximate surface area is 218 Å². The van der Waals surface area contributed by atoms with Gasteiger partial charge in [-0.1, -0.05) is 0 Å². The second-order valence-electron chi connectivity index (χ2n) is 8.65. The van der Waals surface area contributed by atoms with Gasteiger partial charge in [-0.15, -0.1) is 0 Å². The lowest BCUT2D eigenvalue weighted by atomic mass is 9.73. The first-order chi connectivity index (χ1) is 18.7. The molecule has 2 aliphatic rings. The van der Waals surface area contributed by atoms with Crippen LogP contribution in [-0.4, -0.2) is 40.7 Å². The third-order valence-corrected chi connectivity index (χ3v) is 6.38. The van der Waals surface area contributed by atoms with E-state index < -0.39 is 65.1 Å². The molecular formula is C26H17F2N5O6. The number of benzene rings is 2. The summed E-state index contributed by atoms with van der Waals surface area (Å²) in [7, 11) is 0. The van der Waals surface area contributed by atoms with Gasteiger partial charge in [-0.05, 0) is 66.2 Å². The molecule has 0 bridgehead atoms. The van der Waals surface area contributed by atoms with E-state index >= 15 is 0 Å². The number of halogens is 2. The van der Waals surface area contributed by atoms with Crippen LogP contribution >= 0.6 is 0 Å². The summed E-state index contributed by atoms with van der Waals surface area (Å²) >= 11 is 0. The van der Waals surface area contributed by atoms with Gasteiger partial charge in [-0.3, -0.25) is 34.8 Å². The molecule has 0 unspecified atom stereocenters. The number of urea groups is 2. The van der Waals surface area contributed by atoms with E-state index in [1.54, 1.807) is 0 Å². The minimum absolute atomic E-state index is 0.0626. The van der Waals surface area contributed by atoms with Crippen LogP contribution in [-0.2, 0) is 19.2 Å². The Hall–Kier alpha value is -5.33. The normalized spacial score (nSPS) is 19.9. The Morgan fingerprint density at radius 3 is 1.38 bits per heavy atom. The fourth-order valence-electron chi connectivity index (χ4n) is 4.65. The summed E-state index contributed by atoms with van der Waals surface area (Å²) in [5.41, 5.74) is 0.0358. The largest absolute Gasteiger partial charge is 0.335 e. The summed E-state index contributed by atoms with van der Waals surface area (Å²) in [6.07, 6.45) is 2.62. The molecule has 0 spiro atoms. The number of amides is 8. The number of hydrogen-bond donors (Lipinski definition) is 2. The Morgan fingerprint density at radius 2 is 1.00 bits per heavy atom. The maximum Gasteiger partial charge on any atom is 0.335 e. The molecule has 3 heterocycles. The van der Waals surface area contributed by atoms with E-state index in [2.05, 4.69) is 15.6 Å². The number of barbiturate groups is 2. The maximum absolute atomic E-state index is 13.7. The van der Waals surface area contributed by atoms with Gasteiger partial charge >= 0.3 is 12.1 Å². The third kappa shape index (κ3) is 4.50. The van der Waals surface area contributed by atoms with Crippen LogP contribution in [0.5, 0.6) is 0 Å². The highest BCUT2D eigenvalue weighted by Gasteiger charge is 2.55. The Balaban J connectivity index is 1.62. The van der Waals surface area contributed by atoms with Crippen molar-refractivity contribution < 1.29 is 37.5 Å². The highest BCUT2D eigenvalue weighted by atomic mass is 19.1. The summed E-state index contributed by atoms with van der Waals surface area (Å²) < 4.78 is 27.0. The topological polar surface area (TPSA) is 146 Å². The second-order valence-corrected chi connectivity index (χ2v) is 8.65. The number of rotatable bonds is 5. The molecule has 3 aromatic rings. The summed E-state index contributed by atoms with van der Waals surface area (Å²) in [5, 5.41) is 4.11. The van der Waals surface area contributed by atoms with Crippen molar-refractivity contribution in [3.05, 3.63) is 90.3 Å². The van der Waals surface area contributed by atoms with Crippen molar-refractivity contribution in [1.29, 1.82) is 0 Å². The summed E-state index contributed by atoms with van der Waals surface area (Å²) in [6, 6.07) is 9.15. The van der Waals surface area contributed by atoms with Crippen LogP contribution < -0.4 is 20.4 Å². The molecule has 5 rings (SSSR count). The van der Waals surface area contributed by atoms with Crippen molar-refractivity contribution in [2.24, 2.45) is 11.8 Å². The third-order valence-electron chi connectivity index (χ3n) is 6.38. The van der Waals surface area contributed by atoms with Gasteiger partial charge in [0.15, 0.2) is 0 Å². The summed E-state index contributed by atoms with van der Waals surface area (Å²) in [5.74, 6) is -10.7. The van der Waals surface area contributed by atoms with E-state index in [1.165, 1.54) is 24.5 Å². The fourth-order valence-corrected chi connectivity index (χ4v) is 4.65. The van der Waals surface area contributed by atoms with Gasteiger partial charge in [0.2, 0.25) is 23.6 Å². The first-order valence-corrected chi connectivity index (χ1v) is 11.5. The smallest absolute Gasteiger partial charge is 0.277 e. The second kappa shape index (κ2) is 9.85. The number of nitrogens with zero attached hydrogens (tertiary/aromatic N) is 3. The number of carbonyl (C=O) groups is 6. The van der Waals surface area contributed by atoms with Gasteiger partial charge < -0.3 is 0 Å². The molecule has 2 atom stereocenters. The monoisotopic (exact) mass is 533 g/mol. The van der Waals surface area contributed by atoms with E-state index in [4.69, 9.17) is 0 Å². The molecule has 2 fully saturated rings. The van der Waals surface area contributed by atoms with Gasteiger partial charge in [-0.2, -0.15) is 0 Å². The minimum Gasteiger partial charge on any atom is -0.277 e. The van der Waals surface area contributed by atoms with Crippen LogP contribution in [0.3, 0.4) is 0 Å². The summed E-state index contributed by atoms with van der Waals surface area (Å²) in [4.78, 5) is 84.2. The molecule has 196 valence electrons. The Bertz CT molecular complexity index is 1420. The molecule has 0 aliphatic carbocycles. The van der Waals surface area contributed by atoms with Crippen molar-refractivity contribution in [1.82, 2.24) is 15.6 Å². The predicted molar refractivity (Wildman–Crippen MR) is 129 cm³/mol. The molecular weight excluding hydrogens is 516 g/mol. The molecule has 13 heteroatoms. The SMILES string of the molecule is O=C1NC(=O)N(c2ccc(F)cc2)C(=O)[C@@H]1C(c1ccncc1)[C@@H]1C(=O)NC(=O)N(c2ccc(F)cc2)C1=O. The molecule has 8 amide bonds. The van der Waals surface area contributed by atoms with E-state index in [0.29, 0.717) is 9.80 Å². The van der Waals surface area contributed by atoms with Crippen LogP contribution in [0.15, 0.2) is 73.1 Å². The molecule has 2 aromatic carbocycles. The quantitative estimate of drug-likeness (QED) is 0.479. The van der Waals surface area contributed by atoms with Crippen molar-refractivity contribution in [3.8, 4) is 0 Å². The van der Waals surface area contributed by atoms with E-state index in [0.717, 1.165) is 48.5 Å². The highest BCUT2D eigenvalue weighted by molar-refractivity contribution is 6.31. The number of hydrogen-bond acceptors (Lipinski definition) is 7. The first-order valence-electron chi connectivity index (χ1n) is 11.5. The van der Waals surface area contributed by atoms with Crippen LogP contribution in [0.4, 0.5) is 29.7 Å². The number of imide groups is 4. The van der Waals surface area contributed by atoms with Crippen LogP contribution in [0.25, 0.3) is 0 Å². The zero-order valence-electron chi connectivity index (χ0n) is 19.7. The average molecular weight is 533 g/mol. The van der Waals surface area contributed by atoms with Crippen molar-refractivity contribution in [2.45, 2.75) is 5.92 Å². The van der Waals surface area contributed by atoms with Crippen LogP contribution in [0, 0.1) is 23.5 Å². The van der Waals surface area contributed by atoms with Crippen molar-refractivity contribution >= 4 is 47.1 Å². The molecule has 2 aliphatic heterocycles. The van der Waals surface area contributed by atoms with Gasteiger partial charge in [0.1, 0.15) is 23.5 Å². The Kier molecular flexibility index (Phi) is 6.40. The van der Waals surface area contributed by atoms with Gasteiger partial charge in [0, 0.05) is 18.3 Å². The highest BCUT2D eigenvalue weighted by Crippen LogP contribution is 2.39. The molecule has 2 N–H and O–H groups in total. The van der Waals surface area contributed by atoms with E-state index in [9.17, 15) is 37.5 Å². The zero-order valence-corrected chi connectivity index (χ0v) is 19.7. The molecule has 2 saturated heterocycles. The van der Waals surface area contributed by atoms with Gasteiger partial charge in [-0.25, -0.2) is 28.2 Å². The summed E-state index contributed by atoms with van der Waals surface area (Å²) in [6.45, 7) is 0. The average Bonchev–Trinajstić information content (AvgIpc) is 2.90. The predicted octanol–water partition coefficient (Wildman–Crippen LogP) is 2.24. The van der Waals surface area contributed by atoms with E-state index in [1.807, 2.05) is 0 Å². The Morgan fingerprint density at radius 1 is 0.615 bits per heavy atom. The molecule has 0 saturated carbocycles. The lowest BCUT2D eigenvalue weighted by Crippen LogP contribution is -2.64. The van der Waals surface area contributed by atoms with Gasteiger partial charge in [0.05, 0.1) is 11.4 Å². The fraction of sp³-hybridized carbons (Fsp3) is 0.115. The lowest BCUT2D eigenvalue weighted by molar-refractivity contribution is -0.140. The maximum atomic E-state index is 13.7. The molecule has 11 nitrogen and oxygen atoms in total. The molecule has 0 radical (unpaired) electrons. The van der Waals surface area contributed by atoms with Crippen molar-refractivity contribution in [2.75, 3.05) is 9.80 Å². The number of anilines is 2. The van der Waals surface area contributed by atoms with Crippen molar-refractivity contribution in [3.63, 3.8) is 0 Å². The molecule has 39 heavy (non-hydrogen) atoms. The standard InChI is InChI=1S/C26H17F2N5O6/c27-14-1-5-16(6-2-14)32-23(36)19(21(34)30-25(32)38)18(13-9-11-29-12-10-13)20-22(35)31-26(39)33(24(20)37)17-7-3-15(28)4-8-17/h1-12,18-20H,(H,30,34,38)(H,31,35,39)/t19-,20-/m1/s1. The van der Waals surface area contributed by atoms with Crippen LogP contribution in [0.1, 0.15) is 11.5 Å². The number of pyridine rings is 1. The van der Waals surface area contributed by atoms with E-state index in [-0.39, 0.29) is 16.9 Å². The molecule has 1 aromatic heterocycles. The number of aromatic nitrogens is 1.